The van der Waals surface area contributed by atoms with E-state index in [0.717, 1.165) is 25.7 Å². The van der Waals surface area contributed by atoms with Gasteiger partial charge < -0.3 is 16.0 Å². The SMILES string of the molecule is C[C@@H](N)C(=O)N1CCC(C(=O)NC2CCCCC2)CC1.Cl. The Hall–Kier alpha value is -0.810. The number of hydrogen-bond donors (Lipinski definition) is 2. The maximum absolute atomic E-state index is 12.2. The second-order valence-corrected chi connectivity index (χ2v) is 6.23. The molecular formula is C15H28ClN3O2. The summed E-state index contributed by atoms with van der Waals surface area (Å²) in [4.78, 5) is 25.8. The molecule has 2 fully saturated rings. The van der Waals surface area contributed by atoms with Crippen LogP contribution in [0.4, 0.5) is 0 Å². The standard InChI is InChI=1S/C15H27N3O2.ClH/c1-11(16)15(20)18-9-7-12(8-10-18)14(19)17-13-5-3-2-4-6-13;/h11-13H,2-10,16H2,1H3,(H,17,19);1H/t11-;/m1./s1. The molecule has 1 aliphatic carbocycles. The number of nitrogens with zero attached hydrogens (tertiary/aromatic N) is 1. The molecule has 0 radical (unpaired) electrons. The Labute approximate surface area is 133 Å². The van der Waals surface area contributed by atoms with Crippen LogP contribution in [-0.2, 0) is 9.59 Å². The predicted molar refractivity (Wildman–Crippen MR) is 85.2 cm³/mol. The smallest absolute Gasteiger partial charge is 0.239 e. The maximum atomic E-state index is 12.2. The minimum absolute atomic E-state index is 0. The van der Waals surface area contributed by atoms with Gasteiger partial charge in [0, 0.05) is 25.0 Å². The van der Waals surface area contributed by atoms with E-state index in [2.05, 4.69) is 5.32 Å². The number of rotatable bonds is 3. The summed E-state index contributed by atoms with van der Waals surface area (Å²) in [6.07, 6.45) is 7.51. The van der Waals surface area contributed by atoms with E-state index in [4.69, 9.17) is 5.73 Å². The van der Waals surface area contributed by atoms with Crippen molar-refractivity contribution in [2.24, 2.45) is 11.7 Å². The molecule has 1 atom stereocenters. The van der Waals surface area contributed by atoms with E-state index in [1.54, 1.807) is 11.8 Å². The molecule has 21 heavy (non-hydrogen) atoms. The highest BCUT2D eigenvalue weighted by Gasteiger charge is 2.29. The van der Waals surface area contributed by atoms with Crippen LogP contribution in [0.25, 0.3) is 0 Å². The first kappa shape index (κ1) is 18.2. The monoisotopic (exact) mass is 317 g/mol. The highest BCUT2D eigenvalue weighted by molar-refractivity contribution is 5.85. The molecule has 0 spiro atoms. The molecular weight excluding hydrogens is 290 g/mol. The van der Waals surface area contributed by atoms with Gasteiger partial charge in [0.05, 0.1) is 6.04 Å². The van der Waals surface area contributed by atoms with E-state index in [9.17, 15) is 9.59 Å². The Balaban J connectivity index is 0.00000220. The second-order valence-electron chi connectivity index (χ2n) is 6.23. The summed E-state index contributed by atoms with van der Waals surface area (Å²) in [5.74, 6) is 0.245. The average Bonchev–Trinajstić information content (AvgIpc) is 2.47. The number of nitrogens with two attached hydrogens (primary N) is 1. The zero-order valence-corrected chi connectivity index (χ0v) is 13.7. The predicted octanol–water partition coefficient (Wildman–Crippen LogP) is 1.44. The molecule has 0 aromatic heterocycles. The van der Waals surface area contributed by atoms with Gasteiger partial charge in [-0.3, -0.25) is 9.59 Å². The van der Waals surface area contributed by atoms with Crippen molar-refractivity contribution in [3.8, 4) is 0 Å². The topological polar surface area (TPSA) is 75.4 Å². The third-order valence-electron chi connectivity index (χ3n) is 4.52. The van der Waals surface area contributed by atoms with E-state index >= 15 is 0 Å². The summed E-state index contributed by atoms with van der Waals surface area (Å²) in [7, 11) is 0. The third kappa shape index (κ3) is 5.15. The molecule has 2 rings (SSSR count). The first-order valence-corrected chi connectivity index (χ1v) is 7.92. The molecule has 5 nitrogen and oxygen atoms in total. The number of carbonyl (C=O) groups is 2. The van der Waals surface area contributed by atoms with Crippen LogP contribution >= 0.6 is 12.4 Å². The molecule has 1 aliphatic heterocycles. The minimum atomic E-state index is -0.442. The van der Waals surface area contributed by atoms with Crippen molar-refractivity contribution in [3.63, 3.8) is 0 Å². The lowest BCUT2D eigenvalue weighted by Gasteiger charge is -2.33. The molecule has 1 heterocycles. The summed E-state index contributed by atoms with van der Waals surface area (Å²) in [6.45, 7) is 3.02. The van der Waals surface area contributed by atoms with Crippen molar-refractivity contribution in [2.45, 2.75) is 64.0 Å². The van der Waals surface area contributed by atoms with E-state index in [1.807, 2.05) is 0 Å². The summed E-state index contributed by atoms with van der Waals surface area (Å²) in [5.41, 5.74) is 5.61. The quantitative estimate of drug-likeness (QED) is 0.827. The van der Waals surface area contributed by atoms with Gasteiger partial charge in [0.1, 0.15) is 0 Å². The van der Waals surface area contributed by atoms with Crippen LogP contribution in [0.1, 0.15) is 51.9 Å². The lowest BCUT2D eigenvalue weighted by molar-refractivity contribution is -0.136. The number of piperidine rings is 1. The van der Waals surface area contributed by atoms with Crippen LogP contribution in [0, 0.1) is 5.92 Å². The molecule has 0 aromatic carbocycles. The largest absolute Gasteiger partial charge is 0.353 e. The van der Waals surface area contributed by atoms with Gasteiger partial charge in [0.25, 0.3) is 0 Å². The molecule has 0 bridgehead atoms. The Morgan fingerprint density at radius 1 is 1.10 bits per heavy atom. The van der Waals surface area contributed by atoms with E-state index < -0.39 is 6.04 Å². The molecule has 2 aliphatic rings. The summed E-state index contributed by atoms with van der Waals surface area (Å²) in [5, 5.41) is 3.19. The normalized spacial score (nSPS) is 22.3. The first-order chi connectivity index (χ1) is 9.58. The number of hydrogen-bond acceptors (Lipinski definition) is 3. The fourth-order valence-electron chi connectivity index (χ4n) is 3.22. The van der Waals surface area contributed by atoms with Gasteiger partial charge in [0.2, 0.25) is 11.8 Å². The number of halogens is 1. The van der Waals surface area contributed by atoms with Gasteiger partial charge in [0.15, 0.2) is 0 Å². The number of amides is 2. The zero-order chi connectivity index (χ0) is 14.5. The zero-order valence-electron chi connectivity index (χ0n) is 12.8. The Morgan fingerprint density at radius 2 is 1.67 bits per heavy atom. The molecule has 0 aromatic rings. The van der Waals surface area contributed by atoms with Crippen molar-refractivity contribution in [1.82, 2.24) is 10.2 Å². The van der Waals surface area contributed by atoms with Crippen LogP contribution in [0.5, 0.6) is 0 Å². The summed E-state index contributed by atoms with van der Waals surface area (Å²) < 4.78 is 0. The van der Waals surface area contributed by atoms with Crippen LogP contribution in [0.2, 0.25) is 0 Å². The van der Waals surface area contributed by atoms with Crippen molar-refractivity contribution in [1.29, 1.82) is 0 Å². The number of carbonyl (C=O) groups excluding carboxylic acids is 2. The third-order valence-corrected chi connectivity index (χ3v) is 4.52. The van der Waals surface area contributed by atoms with E-state index in [1.165, 1.54) is 19.3 Å². The van der Waals surface area contributed by atoms with Crippen LogP contribution < -0.4 is 11.1 Å². The van der Waals surface area contributed by atoms with Gasteiger partial charge in [-0.05, 0) is 32.6 Å². The fraction of sp³-hybridized carbons (Fsp3) is 0.867. The van der Waals surface area contributed by atoms with Gasteiger partial charge in [-0.2, -0.15) is 0 Å². The highest BCUT2D eigenvalue weighted by atomic mass is 35.5. The molecule has 2 amide bonds. The van der Waals surface area contributed by atoms with Crippen LogP contribution in [0.3, 0.4) is 0 Å². The van der Waals surface area contributed by atoms with Crippen LogP contribution in [0.15, 0.2) is 0 Å². The molecule has 6 heteroatoms. The first-order valence-electron chi connectivity index (χ1n) is 7.92. The Kier molecular flexibility index (Phi) is 7.46. The molecule has 3 N–H and O–H groups in total. The summed E-state index contributed by atoms with van der Waals surface area (Å²) >= 11 is 0. The molecule has 122 valence electrons. The fourth-order valence-corrected chi connectivity index (χ4v) is 3.22. The Morgan fingerprint density at radius 3 is 2.19 bits per heavy atom. The van der Waals surface area contributed by atoms with E-state index in [-0.39, 0.29) is 30.1 Å². The lowest BCUT2D eigenvalue weighted by atomic mass is 9.92. The van der Waals surface area contributed by atoms with Gasteiger partial charge in [-0.25, -0.2) is 0 Å². The highest BCUT2D eigenvalue weighted by Crippen LogP contribution is 2.21. The van der Waals surface area contributed by atoms with Crippen molar-refractivity contribution in [3.05, 3.63) is 0 Å². The minimum Gasteiger partial charge on any atom is -0.353 e. The molecule has 1 saturated heterocycles. The molecule has 1 saturated carbocycles. The lowest BCUT2D eigenvalue weighted by Crippen LogP contribution is -2.49. The maximum Gasteiger partial charge on any atom is 0.239 e. The Bertz CT molecular complexity index is 349. The van der Waals surface area contributed by atoms with Gasteiger partial charge in [-0.15, -0.1) is 12.4 Å². The van der Waals surface area contributed by atoms with E-state index in [0.29, 0.717) is 19.1 Å². The summed E-state index contributed by atoms with van der Waals surface area (Å²) in [6, 6.07) is -0.0670. The number of nitrogens with one attached hydrogen (secondary N) is 1. The second kappa shape index (κ2) is 8.59. The van der Waals surface area contributed by atoms with Crippen molar-refractivity contribution >= 4 is 24.2 Å². The van der Waals surface area contributed by atoms with Crippen molar-refractivity contribution < 1.29 is 9.59 Å². The van der Waals surface area contributed by atoms with Crippen LogP contribution in [-0.4, -0.2) is 41.9 Å². The van der Waals surface area contributed by atoms with Crippen molar-refractivity contribution in [2.75, 3.05) is 13.1 Å². The van der Waals surface area contributed by atoms with Gasteiger partial charge in [-0.1, -0.05) is 19.3 Å². The average molecular weight is 318 g/mol. The number of likely N-dealkylation sites (tertiary alicyclic amines) is 1. The van der Waals surface area contributed by atoms with Gasteiger partial charge >= 0.3 is 0 Å². The molecule has 0 unspecified atom stereocenters.